The average molecular weight is 286 g/mol. The Labute approximate surface area is 125 Å². The van der Waals surface area contributed by atoms with Gasteiger partial charge < -0.3 is 15.0 Å². The third-order valence-corrected chi connectivity index (χ3v) is 2.84. The summed E-state index contributed by atoms with van der Waals surface area (Å²) in [5.74, 6) is 0.690. The SMILES string of the molecule is CCCN(CCNC(C)CC(C)C)C(=O)OC(C)(C)C. The fourth-order valence-electron chi connectivity index (χ4n) is 2.13. The zero-order valence-corrected chi connectivity index (χ0v) is 14.5. The topological polar surface area (TPSA) is 41.6 Å². The molecule has 0 aromatic carbocycles. The molecule has 4 heteroatoms. The van der Waals surface area contributed by atoms with E-state index in [1.54, 1.807) is 4.90 Å². The minimum Gasteiger partial charge on any atom is -0.444 e. The van der Waals surface area contributed by atoms with Gasteiger partial charge in [0.25, 0.3) is 0 Å². The van der Waals surface area contributed by atoms with Crippen molar-refractivity contribution in [1.82, 2.24) is 10.2 Å². The van der Waals surface area contributed by atoms with Gasteiger partial charge in [-0.3, -0.25) is 0 Å². The van der Waals surface area contributed by atoms with Crippen LogP contribution in [0.4, 0.5) is 4.79 Å². The smallest absolute Gasteiger partial charge is 0.410 e. The van der Waals surface area contributed by atoms with Gasteiger partial charge in [-0.1, -0.05) is 20.8 Å². The summed E-state index contributed by atoms with van der Waals surface area (Å²) < 4.78 is 5.43. The first-order valence-corrected chi connectivity index (χ1v) is 7.87. The van der Waals surface area contributed by atoms with Crippen molar-refractivity contribution in [2.45, 2.75) is 73.0 Å². The Kier molecular flexibility index (Phi) is 8.86. The number of ether oxygens (including phenoxy) is 1. The first-order chi connectivity index (χ1) is 9.15. The van der Waals surface area contributed by atoms with Crippen LogP contribution >= 0.6 is 0 Å². The van der Waals surface area contributed by atoms with Gasteiger partial charge in [0.2, 0.25) is 0 Å². The molecule has 20 heavy (non-hydrogen) atoms. The van der Waals surface area contributed by atoms with E-state index < -0.39 is 5.60 Å². The van der Waals surface area contributed by atoms with Crippen LogP contribution in [0, 0.1) is 5.92 Å². The number of carbonyl (C=O) groups excluding carboxylic acids is 1. The molecule has 0 radical (unpaired) electrons. The van der Waals surface area contributed by atoms with E-state index >= 15 is 0 Å². The molecular weight excluding hydrogens is 252 g/mol. The van der Waals surface area contributed by atoms with Crippen molar-refractivity contribution in [1.29, 1.82) is 0 Å². The number of hydrogen-bond acceptors (Lipinski definition) is 3. The molecule has 0 fully saturated rings. The molecule has 0 spiro atoms. The van der Waals surface area contributed by atoms with Gasteiger partial charge in [-0.2, -0.15) is 0 Å². The molecule has 0 saturated carbocycles. The lowest BCUT2D eigenvalue weighted by Gasteiger charge is -2.28. The highest BCUT2D eigenvalue weighted by Crippen LogP contribution is 2.10. The number of nitrogens with zero attached hydrogens (tertiary/aromatic N) is 1. The van der Waals surface area contributed by atoms with E-state index in [9.17, 15) is 4.79 Å². The van der Waals surface area contributed by atoms with E-state index in [-0.39, 0.29) is 6.09 Å². The molecule has 1 N–H and O–H groups in total. The summed E-state index contributed by atoms with van der Waals surface area (Å²) in [6, 6.07) is 0.483. The Morgan fingerprint density at radius 2 is 1.80 bits per heavy atom. The van der Waals surface area contributed by atoms with Gasteiger partial charge in [0.05, 0.1) is 0 Å². The monoisotopic (exact) mass is 286 g/mol. The maximum Gasteiger partial charge on any atom is 0.410 e. The van der Waals surface area contributed by atoms with Crippen LogP contribution in [0.15, 0.2) is 0 Å². The van der Waals surface area contributed by atoms with Crippen molar-refractivity contribution in [3.63, 3.8) is 0 Å². The summed E-state index contributed by atoms with van der Waals surface area (Å²) in [6.45, 7) is 16.7. The van der Waals surface area contributed by atoms with Crippen molar-refractivity contribution in [3.8, 4) is 0 Å². The summed E-state index contributed by atoms with van der Waals surface area (Å²) in [6.07, 6.45) is 1.89. The van der Waals surface area contributed by atoms with Crippen LogP contribution in [0.25, 0.3) is 0 Å². The predicted molar refractivity (Wildman–Crippen MR) is 85.0 cm³/mol. The largest absolute Gasteiger partial charge is 0.444 e. The van der Waals surface area contributed by atoms with Gasteiger partial charge in [-0.25, -0.2) is 4.79 Å². The molecule has 1 unspecified atom stereocenters. The molecule has 0 aromatic rings. The van der Waals surface area contributed by atoms with Gasteiger partial charge in [0.1, 0.15) is 5.60 Å². The lowest BCUT2D eigenvalue weighted by molar-refractivity contribution is 0.0250. The molecule has 0 rings (SSSR count). The molecule has 0 aliphatic heterocycles. The highest BCUT2D eigenvalue weighted by atomic mass is 16.6. The minimum absolute atomic E-state index is 0.210. The van der Waals surface area contributed by atoms with E-state index in [1.807, 2.05) is 20.8 Å². The van der Waals surface area contributed by atoms with Gasteiger partial charge in [0, 0.05) is 25.7 Å². The highest BCUT2D eigenvalue weighted by Gasteiger charge is 2.21. The maximum atomic E-state index is 12.1. The summed E-state index contributed by atoms with van der Waals surface area (Å²) in [4.78, 5) is 13.9. The Bertz CT molecular complexity index is 272. The van der Waals surface area contributed by atoms with Crippen LogP contribution in [-0.2, 0) is 4.74 Å². The molecule has 0 saturated heterocycles. The van der Waals surface area contributed by atoms with Crippen molar-refractivity contribution >= 4 is 6.09 Å². The third kappa shape index (κ3) is 10.1. The van der Waals surface area contributed by atoms with E-state index in [0.29, 0.717) is 18.5 Å². The molecule has 0 aliphatic rings. The Hall–Kier alpha value is -0.770. The van der Waals surface area contributed by atoms with Crippen molar-refractivity contribution < 1.29 is 9.53 Å². The van der Waals surface area contributed by atoms with E-state index in [2.05, 4.69) is 33.0 Å². The number of hydrogen-bond donors (Lipinski definition) is 1. The molecule has 120 valence electrons. The Morgan fingerprint density at radius 1 is 1.20 bits per heavy atom. The first-order valence-electron chi connectivity index (χ1n) is 7.87. The summed E-state index contributed by atoms with van der Waals surface area (Å²) in [7, 11) is 0. The zero-order chi connectivity index (χ0) is 15.8. The summed E-state index contributed by atoms with van der Waals surface area (Å²) in [5.41, 5.74) is -0.429. The second-order valence-corrected chi connectivity index (χ2v) is 6.95. The molecule has 1 amide bonds. The quantitative estimate of drug-likeness (QED) is 0.740. The van der Waals surface area contributed by atoms with Crippen LogP contribution in [0.5, 0.6) is 0 Å². The number of rotatable bonds is 8. The van der Waals surface area contributed by atoms with E-state index in [1.165, 1.54) is 0 Å². The van der Waals surface area contributed by atoms with Crippen LogP contribution in [0.1, 0.15) is 61.3 Å². The van der Waals surface area contributed by atoms with Crippen LogP contribution in [0.3, 0.4) is 0 Å². The van der Waals surface area contributed by atoms with Crippen LogP contribution in [0.2, 0.25) is 0 Å². The molecular formula is C16H34N2O2. The van der Waals surface area contributed by atoms with Crippen LogP contribution < -0.4 is 5.32 Å². The third-order valence-electron chi connectivity index (χ3n) is 2.84. The molecule has 0 bridgehead atoms. The van der Waals surface area contributed by atoms with Gasteiger partial charge in [-0.05, 0) is 46.5 Å². The second kappa shape index (κ2) is 9.22. The molecule has 0 aliphatic carbocycles. The van der Waals surface area contributed by atoms with Gasteiger partial charge in [0.15, 0.2) is 0 Å². The number of nitrogens with one attached hydrogen (secondary N) is 1. The highest BCUT2D eigenvalue weighted by molar-refractivity contribution is 5.68. The predicted octanol–water partition coefficient (Wildman–Crippen LogP) is 3.66. The lowest BCUT2D eigenvalue weighted by atomic mass is 10.1. The van der Waals surface area contributed by atoms with E-state index in [4.69, 9.17) is 4.74 Å². The Balaban J connectivity index is 4.17. The Morgan fingerprint density at radius 3 is 2.25 bits per heavy atom. The van der Waals surface area contributed by atoms with Crippen molar-refractivity contribution in [3.05, 3.63) is 0 Å². The number of carbonyl (C=O) groups is 1. The zero-order valence-electron chi connectivity index (χ0n) is 14.5. The normalized spacial score (nSPS) is 13.4. The summed E-state index contributed by atoms with van der Waals surface area (Å²) in [5, 5.41) is 3.47. The first kappa shape index (κ1) is 19.2. The van der Waals surface area contributed by atoms with Crippen LogP contribution in [-0.4, -0.2) is 42.3 Å². The second-order valence-electron chi connectivity index (χ2n) is 6.95. The fourth-order valence-corrected chi connectivity index (χ4v) is 2.13. The number of amides is 1. The van der Waals surface area contributed by atoms with Gasteiger partial charge >= 0.3 is 6.09 Å². The van der Waals surface area contributed by atoms with E-state index in [0.717, 1.165) is 25.9 Å². The molecule has 0 aromatic heterocycles. The molecule has 0 heterocycles. The fraction of sp³-hybridized carbons (Fsp3) is 0.938. The lowest BCUT2D eigenvalue weighted by Crippen LogP contribution is -2.42. The summed E-state index contributed by atoms with van der Waals surface area (Å²) >= 11 is 0. The molecule has 1 atom stereocenters. The standard InChI is InChI=1S/C16H34N2O2/c1-8-10-18(15(19)20-16(5,6)7)11-9-17-14(4)12-13(2)3/h13-14,17H,8-12H2,1-7H3. The van der Waals surface area contributed by atoms with Crippen molar-refractivity contribution in [2.75, 3.05) is 19.6 Å². The van der Waals surface area contributed by atoms with Crippen molar-refractivity contribution in [2.24, 2.45) is 5.92 Å². The maximum absolute atomic E-state index is 12.1. The average Bonchev–Trinajstić information content (AvgIpc) is 2.24. The molecule has 4 nitrogen and oxygen atoms in total. The van der Waals surface area contributed by atoms with Gasteiger partial charge in [-0.15, -0.1) is 0 Å². The minimum atomic E-state index is -0.429.